The zero-order chi connectivity index (χ0) is 6.24. The molecule has 0 fully saturated rings. The molecule has 0 aromatic heterocycles. The largest absolute Gasteiger partial charge is 0.364 e. The van der Waals surface area contributed by atoms with Crippen molar-refractivity contribution in [3.63, 3.8) is 0 Å². The Balaban J connectivity index is -0.000000245. The van der Waals surface area contributed by atoms with Gasteiger partial charge in [0.15, 0.2) is 0 Å². The molecule has 0 unspecified atom stereocenters. The Morgan fingerprint density at radius 3 is 1.30 bits per heavy atom. The molecular formula is C6H20N2O2. The first-order chi connectivity index (χ1) is 3.91. The molecule has 0 atom stereocenters. The van der Waals surface area contributed by atoms with Crippen molar-refractivity contribution < 1.29 is 9.47 Å². The predicted octanol–water partition coefficient (Wildman–Crippen LogP) is 0.124. The summed E-state index contributed by atoms with van der Waals surface area (Å²) < 4.78 is 9.47. The highest BCUT2D eigenvalue weighted by atomic mass is 16.5. The van der Waals surface area contributed by atoms with E-state index in [1.165, 1.54) is 0 Å². The molecule has 0 aliphatic heterocycles. The lowest BCUT2D eigenvalue weighted by Crippen LogP contribution is -2.13. The van der Waals surface area contributed by atoms with Gasteiger partial charge in [0.1, 0.15) is 0 Å². The minimum absolute atomic E-state index is 0. The zero-order valence-electron chi connectivity index (χ0n) is 4.80. The maximum absolute atomic E-state index is 5.00. The first-order valence-electron chi connectivity index (χ1n) is 2.47. The van der Waals surface area contributed by atoms with Crippen LogP contribution in [0.5, 0.6) is 0 Å². The molecule has 0 heterocycles. The van der Waals surface area contributed by atoms with Gasteiger partial charge in [-0.3, -0.25) is 0 Å². The maximum atomic E-state index is 5.00. The van der Waals surface area contributed by atoms with Gasteiger partial charge < -0.3 is 20.9 Å². The van der Waals surface area contributed by atoms with Crippen LogP contribution in [0.4, 0.5) is 0 Å². The van der Waals surface area contributed by atoms with Gasteiger partial charge in [-0.15, -0.1) is 0 Å². The van der Waals surface area contributed by atoms with E-state index < -0.39 is 0 Å². The second-order valence-corrected chi connectivity index (χ2v) is 1.15. The third-order valence-corrected chi connectivity index (χ3v) is 0.608. The third kappa shape index (κ3) is 15.7. The Hall–Kier alpha value is -0.160. The van der Waals surface area contributed by atoms with Gasteiger partial charge in [-0.2, -0.15) is 0 Å². The Labute approximate surface area is 63.5 Å². The molecule has 0 aromatic carbocycles. The van der Waals surface area contributed by atoms with Gasteiger partial charge in [0, 0.05) is 0 Å². The van der Waals surface area contributed by atoms with Crippen LogP contribution < -0.4 is 11.5 Å². The van der Waals surface area contributed by atoms with Crippen LogP contribution in [0.2, 0.25) is 0 Å². The summed E-state index contributed by atoms with van der Waals surface area (Å²) in [6.45, 7) is 1.53. The molecule has 0 radical (unpaired) electrons. The average Bonchev–Trinajstić information content (AvgIpc) is 1.81. The molecule has 4 nitrogen and oxygen atoms in total. The topological polar surface area (TPSA) is 70.5 Å². The number of nitrogens with two attached hydrogens (primary N) is 2. The molecule has 0 aromatic rings. The van der Waals surface area contributed by atoms with Crippen molar-refractivity contribution in [2.75, 3.05) is 26.7 Å². The van der Waals surface area contributed by atoms with Gasteiger partial charge in [0.05, 0.1) is 26.7 Å². The van der Waals surface area contributed by atoms with E-state index in [9.17, 15) is 0 Å². The van der Waals surface area contributed by atoms with E-state index in [0.717, 1.165) is 0 Å². The van der Waals surface area contributed by atoms with Gasteiger partial charge in [-0.1, -0.05) is 14.9 Å². The molecule has 66 valence electrons. The monoisotopic (exact) mass is 152 g/mol. The van der Waals surface area contributed by atoms with E-state index in [2.05, 4.69) is 0 Å². The molecule has 0 amide bonds. The van der Waals surface area contributed by atoms with Crippen LogP contribution in [-0.4, -0.2) is 26.7 Å². The fourth-order valence-corrected chi connectivity index (χ4v) is 0.285. The number of ether oxygens (including phenoxy) is 2. The molecule has 0 saturated heterocycles. The third-order valence-electron chi connectivity index (χ3n) is 0.608. The SMILES string of the molecule is C.C.NCOCCOCN. The van der Waals surface area contributed by atoms with Gasteiger partial charge in [0.25, 0.3) is 0 Å². The highest BCUT2D eigenvalue weighted by Gasteiger charge is 1.81. The minimum atomic E-state index is 0. The quantitative estimate of drug-likeness (QED) is 0.434. The summed E-state index contributed by atoms with van der Waals surface area (Å²) in [7, 11) is 0. The molecular weight excluding hydrogens is 132 g/mol. The van der Waals surface area contributed by atoms with Crippen LogP contribution in [0, 0.1) is 0 Å². The Bertz CT molecular complexity index is 38.7. The fourth-order valence-electron chi connectivity index (χ4n) is 0.285. The predicted molar refractivity (Wildman–Crippen MR) is 43.5 cm³/mol. The summed E-state index contributed by atoms with van der Waals surface area (Å²) in [5.41, 5.74) is 10.0. The lowest BCUT2D eigenvalue weighted by Gasteiger charge is -1.98. The fraction of sp³-hybridized carbons (Fsp3) is 1.00. The summed E-state index contributed by atoms with van der Waals surface area (Å²) in [6, 6.07) is 0. The molecule has 0 rings (SSSR count). The maximum Gasteiger partial charge on any atom is 0.0941 e. The van der Waals surface area contributed by atoms with Crippen LogP contribution in [-0.2, 0) is 9.47 Å². The lowest BCUT2D eigenvalue weighted by atomic mass is 10.8. The van der Waals surface area contributed by atoms with Crippen molar-refractivity contribution in [1.29, 1.82) is 0 Å². The summed E-state index contributed by atoms with van der Waals surface area (Å²) in [4.78, 5) is 0. The standard InChI is InChI=1S/C4H12N2O2.2CH4/c5-3-7-1-2-8-4-6;;/h1-6H2;2*1H4. The molecule has 0 spiro atoms. The minimum Gasteiger partial charge on any atom is -0.364 e. The first kappa shape index (κ1) is 16.4. The van der Waals surface area contributed by atoms with Crippen LogP contribution in [0.3, 0.4) is 0 Å². The normalized spacial score (nSPS) is 7.80. The van der Waals surface area contributed by atoms with E-state index in [1.54, 1.807) is 0 Å². The molecule has 0 bridgehead atoms. The van der Waals surface area contributed by atoms with Gasteiger partial charge in [0.2, 0.25) is 0 Å². The van der Waals surface area contributed by atoms with E-state index in [1.807, 2.05) is 0 Å². The second-order valence-electron chi connectivity index (χ2n) is 1.15. The van der Waals surface area contributed by atoms with Crippen molar-refractivity contribution in [2.24, 2.45) is 11.5 Å². The summed E-state index contributed by atoms with van der Waals surface area (Å²) in [5.74, 6) is 0. The van der Waals surface area contributed by atoms with Crippen LogP contribution >= 0.6 is 0 Å². The summed E-state index contributed by atoms with van der Waals surface area (Å²) in [5, 5.41) is 0. The Morgan fingerprint density at radius 2 is 1.10 bits per heavy atom. The van der Waals surface area contributed by atoms with Crippen molar-refractivity contribution >= 4 is 0 Å². The van der Waals surface area contributed by atoms with Crippen molar-refractivity contribution in [2.45, 2.75) is 14.9 Å². The van der Waals surface area contributed by atoms with Gasteiger partial charge in [-0.05, 0) is 0 Å². The molecule has 0 saturated carbocycles. The highest BCUT2D eigenvalue weighted by Crippen LogP contribution is 1.70. The van der Waals surface area contributed by atoms with E-state index in [-0.39, 0.29) is 28.3 Å². The van der Waals surface area contributed by atoms with E-state index in [0.29, 0.717) is 13.2 Å². The van der Waals surface area contributed by atoms with E-state index >= 15 is 0 Å². The Morgan fingerprint density at radius 1 is 0.800 bits per heavy atom. The van der Waals surface area contributed by atoms with Crippen LogP contribution in [0.15, 0.2) is 0 Å². The van der Waals surface area contributed by atoms with Crippen molar-refractivity contribution in [3.05, 3.63) is 0 Å². The van der Waals surface area contributed by atoms with E-state index in [4.69, 9.17) is 20.9 Å². The molecule has 4 heteroatoms. The summed E-state index contributed by atoms with van der Waals surface area (Å²) in [6.07, 6.45) is 0. The molecule has 0 aliphatic carbocycles. The van der Waals surface area contributed by atoms with Crippen LogP contribution in [0.25, 0.3) is 0 Å². The molecule has 0 aliphatic rings. The Kier molecular flexibility index (Phi) is 26.2. The average molecular weight is 152 g/mol. The number of rotatable bonds is 5. The van der Waals surface area contributed by atoms with Gasteiger partial charge in [-0.25, -0.2) is 0 Å². The number of hydrogen-bond acceptors (Lipinski definition) is 4. The van der Waals surface area contributed by atoms with Crippen molar-refractivity contribution in [1.82, 2.24) is 0 Å². The highest BCUT2D eigenvalue weighted by molar-refractivity contribution is 4.23. The zero-order valence-corrected chi connectivity index (χ0v) is 4.80. The van der Waals surface area contributed by atoms with Crippen LogP contribution in [0.1, 0.15) is 14.9 Å². The molecule has 10 heavy (non-hydrogen) atoms. The van der Waals surface area contributed by atoms with Crippen molar-refractivity contribution in [3.8, 4) is 0 Å². The van der Waals surface area contributed by atoms with Gasteiger partial charge >= 0.3 is 0 Å². The number of hydrogen-bond donors (Lipinski definition) is 2. The molecule has 4 N–H and O–H groups in total. The summed E-state index contributed by atoms with van der Waals surface area (Å²) >= 11 is 0. The second kappa shape index (κ2) is 15.9. The first-order valence-corrected chi connectivity index (χ1v) is 2.47. The lowest BCUT2D eigenvalue weighted by molar-refractivity contribution is 0.0529. The smallest absolute Gasteiger partial charge is 0.0941 e.